The van der Waals surface area contributed by atoms with Gasteiger partial charge in [-0.25, -0.2) is 30.3 Å². The van der Waals surface area contributed by atoms with Crippen molar-refractivity contribution in [2.75, 3.05) is 25.9 Å². The molecule has 8 nitrogen and oxygen atoms in total. The summed E-state index contributed by atoms with van der Waals surface area (Å²) in [6.07, 6.45) is 2.88. The topological polar surface area (TPSA) is 104 Å². The molecule has 2 aliphatic rings. The maximum Gasteiger partial charge on any atom is 0.243 e. The Morgan fingerprint density at radius 1 is 0.917 bits per heavy atom. The number of sulfonamides is 2. The second-order valence-electron chi connectivity index (χ2n) is 9.34. The third-order valence-corrected chi connectivity index (χ3v) is 9.39. The number of amides is 1. The van der Waals surface area contributed by atoms with Crippen LogP contribution in [0.15, 0.2) is 53.4 Å². The molecule has 196 valence electrons. The zero-order valence-corrected chi connectivity index (χ0v) is 21.4. The highest BCUT2D eigenvalue weighted by Gasteiger charge is 2.41. The molecule has 2 saturated heterocycles. The van der Waals surface area contributed by atoms with Crippen LogP contribution >= 0.6 is 0 Å². The molecule has 1 amide bonds. The monoisotopic (exact) mass is 541 g/mol. The molecule has 2 heterocycles. The maximum atomic E-state index is 13.9. The van der Waals surface area contributed by atoms with Gasteiger partial charge >= 0.3 is 0 Å². The Labute approximate surface area is 210 Å². The highest BCUT2D eigenvalue weighted by molar-refractivity contribution is 7.89. The maximum absolute atomic E-state index is 13.9. The third kappa shape index (κ3) is 5.93. The number of hydrogen-bond acceptors (Lipinski definition) is 5. The van der Waals surface area contributed by atoms with E-state index in [0.717, 1.165) is 24.0 Å². The minimum absolute atomic E-state index is 0.0960. The molecule has 0 saturated carbocycles. The second kappa shape index (κ2) is 10.5. The molecule has 2 aromatic rings. The number of nitrogens with zero attached hydrogens (tertiary/aromatic N) is 2. The average molecular weight is 542 g/mol. The van der Waals surface area contributed by atoms with Gasteiger partial charge in [-0.1, -0.05) is 30.3 Å². The van der Waals surface area contributed by atoms with Crippen molar-refractivity contribution < 1.29 is 30.4 Å². The fraction of sp³-hybridized carbons (Fsp3) is 0.458. The van der Waals surface area contributed by atoms with Crippen LogP contribution in [0.5, 0.6) is 0 Å². The number of carbonyl (C=O) groups is 1. The number of nitrogens with one attached hydrogen (secondary N) is 1. The van der Waals surface area contributed by atoms with E-state index in [0.29, 0.717) is 44.8 Å². The highest BCUT2D eigenvalue weighted by atomic mass is 32.2. The Hall–Kier alpha value is -2.41. The smallest absolute Gasteiger partial charge is 0.243 e. The van der Waals surface area contributed by atoms with E-state index in [9.17, 15) is 30.4 Å². The predicted octanol–water partition coefficient (Wildman–Crippen LogP) is 2.65. The number of likely N-dealkylation sites (tertiary alicyclic amines) is 1. The Bertz CT molecular complexity index is 1310. The van der Waals surface area contributed by atoms with Crippen molar-refractivity contribution in [3.8, 4) is 0 Å². The summed E-state index contributed by atoms with van der Waals surface area (Å²) in [5, 5.41) is 0. The van der Waals surface area contributed by atoms with Crippen molar-refractivity contribution in [1.29, 1.82) is 0 Å². The fourth-order valence-corrected chi connectivity index (χ4v) is 7.51. The van der Waals surface area contributed by atoms with E-state index < -0.39 is 43.6 Å². The van der Waals surface area contributed by atoms with Gasteiger partial charge in [0.1, 0.15) is 0 Å². The van der Waals surface area contributed by atoms with Crippen molar-refractivity contribution >= 4 is 26.0 Å². The van der Waals surface area contributed by atoms with E-state index in [2.05, 4.69) is 4.72 Å². The molecule has 2 aromatic carbocycles. The van der Waals surface area contributed by atoms with Crippen molar-refractivity contribution in [2.45, 2.75) is 42.7 Å². The molecule has 0 bridgehead atoms. The summed E-state index contributed by atoms with van der Waals surface area (Å²) < 4.78 is 81.4. The molecule has 12 heteroatoms. The van der Waals surface area contributed by atoms with Crippen molar-refractivity contribution in [1.82, 2.24) is 13.9 Å². The zero-order valence-electron chi connectivity index (χ0n) is 19.8. The summed E-state index contributed by atoms with van der Waals surface area (Å²) in [6, 6.07) is 10.7. The molecule has 0 aliphatic carbocycles. The summed E-state index contributed by atoms with van der Waals surface area (Å²) in [7, 11) is -7.59. The molecule has 2 atom stereocenters. The van der Waals surface area contributed by atoms with Gasteiger partial charge in [-0.3, -0.25) is 4.79 Å². The average Bonchev–Trinajstić information content (AvgIpc) is 2.85. The number of carbonyl (C=O) groups excluding carboxylic acids is 1. The van der Waals surface area contributed by atoms with Crippen molar-refractivity contribution in [3.05, 3.63) is 65.7 Å². The molecule has 0 unspecified atom stereocenters. The van der Waals surface area contributed by atoms with E-state index in [1.54, 1.807) is 29.2 Å². The van der Waals surface area contributed by atoms with Crippen molar-refractivity contribution in [2.24, 2.45) is 5.92 Å². The molecule has 0 radical (unpaired) electrons. The second-order valence-corrected chi connectivity index (χ2v) is 13.0. The van der Waals surface area contributed by atoms with Crippen molar-refractivity contribution in [3.63, 3.8) is 0 Å². The lowest BCUT2D eigenvalue weighted by Crippen LogP contribution is -2.51. The Morgan fingerprint density at radius 2 is 1.58 bits per heavy atom. The first-order valence-electron chi connectivity index (χ1n) is 11.7. The lowest BCUT2D eigenvalue weighted by atomic mass is 9.89. The standard InChI is InChI=1S/C24H29F2N3O5S2/c1-35(31,32)27-19-11-13-28(14-12-19)24(30)18-7-10-23(17-5-3-2-4-6-17)29(16-18)36(33,34)20-8-9-21(25)22(26)15-20/h2-6,8-9,15,18-19,23,27H,7,10-14,16H2,1H3/t18-,23-/m1/s1. The van der Waals surface area contributed by atoms with Gasteiger partial charge < -0.3 is 4.90 Å². The third-order valence-electron chi connectivity index (χ3n) is 6.76. The minimum Gasteiger partial charge on any atom is -0.342 e. The molecule has 4 rings (SSSR count). The van der Waals surface area contributed by atoms with Gasteiger partial charge in [0, 0.05) is 25.7 Å². The molecule has 2 fully saturated rings. The number of benzene rings is 2. The van der Waals surface area contributed by atoms with Gasteiger partial charge in [0.25, 0.3) is 0 Å². The van der Waals surface area contributed by atoms with Crippen LogP contribution in [-0.2, 0) is 24.8 Å². The van der Waals surface area contributed by atoms with Crippen LogP contribution in [0.3, 0.4) is 0 Å². The van der Waals surface area contributed by atoms with E-state index in [1.165, 1.54) is 4.31 Å². The summed E-state index contributed by atoms with van der Waals surface area (Å²) in [6.45, 7) is 0.627. The lowest BCUT2D eigenvalue weighted by Gasteiger charge is -2.41. The van der Waals surface area contributed by atoms with E-state index in [1.807, 2.05) is 6.07 Å². The van der Waals surface area contributed by atoms with Crippen LogP contribution in [-0.4, -0.2) is 63.9 Å². The van der Waals surface area contributed by atoms with Gasteiger partial charge in [0.05, 0.1) is 23.1 Å². The van der Waals surface area contributed by atoms with E-state index >= 15 is 0 Å². The summed E-state index contributed by atoms with van der Waals surface area (Å²) in [4.78, 5) is 14.6. The zero-order chi connectivity index (χ0) is 26.1. The number of hydrogen-bond donors (Lipinski definition) is 1. The Balaban J connectivity index is 1.56. The first kappa shape index (κ1) is 26.6. The quantitative estimate of drug-likeness (QED) is 0.606. The van der Waals surface area contributed by atoms with Crippen LogP contribution < -0.4 is 4.72 Å². The molecule has 2 aliphatic heterocycles. The first-order chi connectivity index (χ1) is 17.0. The van der Waals surface area contributed by atoms with Gasteiger partial charge in [0.2, 0.25) is 26.0 Å². The van der Waals surface area contributed by atoms with Crippen LogP contribution in [0.2, 0.25) is 0 Å². The minimum atomic E-state index is -4.25. The van der Waals surface area contributed by atoms with E-state index in [-0.39, 0.29) is 23.4 Å². The number of halogens is 2. The highest BCUT2D eigenvalue weighted by Crippen LogP contribution is 2.38. The first-order valence-corrected chi connectivity index (χ1v) is 15.1. The molecular weight excluding hydrogens is 512 g/mol. The lowest BCUT2D eigenvalue weighted by molar-refractivity contribution is -0.138. The number of rotatable bonds is 6. The van der Waals surface area contributed by atoms with Gasteiger partial charge in [-0.2, -0.15) is 4.31 Å². The summed E-state index contributed by atoms with van der Waals surface area (Å²) in [5.74, 6) is -3.20. The molecule has 0 spiro atoms. The largest absolute Gasteiger partial charge is 0.342 e. The van der Waals surface area contributed by atoms with E-state index in [4.69, 9.17) is 0 Å². The number of piperidine rings is 2. The normalized spacial score (nSPS) is 22.5. The van der Waals surface area contributed by atoms with Gasteiger partial charge in [-0.15, -0.1) is 0 Å². The molecule has 36 heavy (non-hydrogen) atoms. The van der Waals surface area contributed by atoms with Crippen LogP contribution in [0.25, 0.3) is 0 Å². The predicted molar refractivity (Wildman–Crippen MR) is 130 cm³/mol. The molecule has 0 aromatic heterocycles. The SMILES string of the molecule is CS(=O)(=O)NC1CCN(C(=O)[C@@H]2CC[C@H](c3ccccc3)N(S(=O)(=O)c3ccc(F)c(F)c3)C2)CC1. The molecule has 1 N–H and O–H groups in total. The van der Waals surface area contributed by atoms with Crippen LogP contribution in [0.1, 0.15) is 37.3 Å². The van der Waals surface area contributed by atoms with Gasteiger partial charge in [0.15, 0.2) is 11.6 Å². The van der Waals surface area contributed by atoms with Crippen LogP contribution in [0, 0.1) is 17.6 Å². The fourth-order valence-electron chi connectivity index (χ4n) is 4.97. The Morgan fingerprint density at radius 3 is 2.19 bits per heavy atom. The summed E-state index contributed by atoms with van der Waals surface area (Å²) in [5.41, 5.74) is 0.752. The summed E-state index contributed by atoms with van der Waals surface area (Å²) >= 11 is 0. The van der Waals surface area contributed by atoms with Crippen LogP contribution in [0.4, 0.5) is 8.78 Å². The van der Waals surface area contributed by atoms with Gasteiger partial charge in [-0.05, 0) is 49.4 Å². The molecular formula is C24H29F2N3O5S2. The Kier molecular flexibility index (Phi) is 7.79.